The molecule has 1 amide bonds. The maximum absolute atomic E-state index is 12.9. The minimum Gasteiger partial charge on any atom is -0.341 e. The van der Waals surface area contributed by atoms with E-state index in [0.717, 1.165) is 31.2 Å². The normalized spacial score (nSPS) is 23.6. The fourth-order valence-corrected chi connectivity index (χ4v) is 4.72. The largest absolute Gasteiger partial charge is 0.341 e. The molecule has 0 saturated carbocycles. The first-order valence-corrected chi connectivity index (χ1v) is 9.67. The standard InChI is InChI=1S/C20H23N5O2/c1-23-6-4-5-15(18(23)26)19(27)25-11-14-9-13-10-21-20(24-7-2-3-8-24)22-17(13)16(14)12-25/h4-6,10,14,16H,2-3,7-9,11-12H2,1H3. The van der Waals surface area contributed by atoms with E-state index in [2.05, 4.69) is 9.88 Å². The zero-order valence-electron chi connectivity index (χ0n) is 15.5. The van der Waals surface area contributed by atoms with Crippen LogP contribution in [0.5, 0.6) is 0 Å². The molecule has 0 N–H and O–H groups in total. The molecule has 1 aliphatic carbocycles. The summed E-state index contributed by atoms with van der Waals surface area (Å²) < 4.78 is 1.45. The second-order valence-electron chi connectivity index (χ2n) is 7.89. The van der Waals surface area contributed by atoms with Crippen LogP contribution in [0.15, 0.2) is 29.3 Å². The second kappa shape index (κ2) is 6.18. The Hall–Kier alpha value is -2.70. The van der Waals surface area contributed by atoms with Gasteiger partial charge < -0.3 is 14.4 Å². The van der Waals surface area contributed by atoms with Crippen LogP contribution in [0.3, 0.4) is 0 Å². The highest BCUT2D eigenvalue weighted by Gasteiger charge is 2.43. The van der Waals surface area contributed by atoms with Gasteiger partial charge in [-0.25, -0.2) is 9.97 Å². The summed E-state index contributed by atoms with van der Waals surface area (Å²) in [6.45, 7) is 3.35. The summed E-state index contributed by atoms with van der Waals surface area (Å²) >= 11 is 0. The van der Waals surface area contributed by atoms with Gasteiger partial charge in [0.1, 0.15) is 5.56 Å². The van der Waals surface area contributed by atoms with E-state index in [4.69, 9.17) is 4.98 Å². The molecule has 27 heavy (non-hydrogen) atoms. The van der Waals surface area contributed by atoms with E-state index in [1.54, 1.807) is 25.4 Å². The average Bonchev–Trinajstić information content (AvgIpc) is 3.39. The Bertz CT molecular complexity index is 963. The molecular formula is C20H23N5O2. The SMILES string of the molecule is Cn1cccc(C(=O)N2CC3Cc4cnc(N5CCCC5)nc4C3C2)c1=O. The molecule has 2 unspecified atom stereocenters. The van der Waals surface area contributed by atoms with E-state index >= 15 is 0 Å². The third-order valence-electron chi connectivity index (χ3n) is 6.19. The van der Waals surface area contributed by atoms with Crippen molar-refractivity contribution >= 4 is 11.9 Å². The lowest BCUT2D eigenvalue weighted by Crippen LogP contribution is -2.35. The molecule has 2 fully saturated rings. The van der Waals surface area contributed by atoms with E-state index < -0.39 is 0 Å². The highest BCUT2D eigenvalue weighted by Crippen LogP contribution is 2.42. The zero-order valence-corrected chi connectivity index (χ0v) is 15.5. The molecule has 0 radical (unpaired) electrons. The lowest BCUT2D eigenvalue weighted by atomic mass is 9.99. The van der Waals surface area contributed by atoms with E-state index in [9.17, 15) is 9.59 Å². The van der Waals surface area contributed by atoms with Gasteiger partial charge in [-0.1, -0.05) is 0 Å². The molecule has 2 atom stereocenters. The number of rotatable bonds is 2. The monoisotopic (exact) mass is 365 g/mol. The van der Waals surface area contributed by atoms with Gasteiger partial charge in [-0.15, -0.1) is 0 Å². The van der Waals surface area contributed by atoms with Crippen LogP contribution in [-0.4, -0.2) is 51.5 Å². The van der Waals surface area contributed by atoms with Crippen molar-refractivity contribution in [2.75, 3.05) is 31.1 Å². The van der Waals surface area contributed by atoms with Gasteiger partial charge in [0.05, 0.1) is 5.69 Å². The van der Waals surface area contributed by atoms with Gasteiger partial charge in [0, 0.05) is 51.5 Å². The predicted octanol–water partition coefficient (Wildman–Crippen LogP) is 1.19. The smallest absolute Gasteiger partial charge is 0.263 e. The molecule has 3 aliphatic rings. The number of carbonyl (C=O) groups is 1. The third kappa shape index (κ3) is 2.64. The molecule has 140 valence electrons. The highest BCUT2D eigenvalue weighted by molar-refractivity contribution is 5.94. The van der Waals surface area contributed by atoms with Crippen molar-refractivity contribution < 1.29 is 4.79 Å². The fraction of sp³-hybridized carbons (Fsp3) is 0.500. The first-order chi connectivity index (χ1) is 13.1. The van der Waals surface area contributed by atoms with Gasteiger partial charge in [-0.3, -0.25) is 9.59 Å². The summed E-state index contributed by atoms with van der Waals surface area (Å²) in [5, 5.41) is 0. The molecule has 2 aromatic rings. The summed E-state index contributed by atoms with van der Waals surface area (Å²) in [5.41, 5.74) is 2.34. The summed E-state index contributed by atoms with van der Waals surface area (Å²) in [4.78, 5) is 38.7. The number of pyridine rings is 1. The van der Waals surface area contributed by atoms with Crippen molar-refractivity contribution in [2.45, 2.75) is 25.2 Å². The number of fused-ring (bicyclic) bond motifs is 3. The predicted molar refractivity (Wildman–Crippen MR) is 101 cm³/mol. The van der Waals surface area contributed by atoms with Gasteiger partial charge in [0.25, 0.3) is 11.5 Å². The Morgan fingerprint density at radius 2 is 2.04 bits per heavy atom. The number of anilines is 1. The van der Waals surface area contributed by atoms with Gasteiger partial charge in [-0.2, -0.15) is 0 Å². The van der Waals surface area contributed by atoms with Gasteiger partial charge in [0.15, 0.2) is 0 Å². The van der Waals surface area contributed by atoms with Crippen LogP contribution in [0, 0.1) is 5.92 Å². The molecule has 7 nitrogen and oxygen atoms in total. The summed E-state index contributed by atoms with van der Waals surface area (Å²) in [6, 6.07) is 3.37. The van der Waals surface area contributed by atoms with E-state index in [0.29, 0.717) is 19.0 Å². The molecule has 0 bridgehead atoms. The summed E-state index contributed by atoms with van der Waals surface area (Å²) in [5.74, 6) is 1.29. The molecule has 2 aliphatic heterocycles. The molecule has 0 aromatic carbocycles. The molecule has 7 heteroatoms. The van der Waals surface area contributed by atoms with E-state index in [-0.39, 0.29) is 22.9 Å². The number of carbonyl (C=O) groups excluding carboxylic acids is 1. The number of amides is 1. The average molecular weight is 365 g/mol. The van der Waals surface area contributed by atoms with Crippen LogP contribution >= 0.6 is 0 Å². The van der Waals surface area contributed by atoms with Crippen LogP contribution in [0.1, 0.15) is 40.4 Å². The quantitative estimate of drug-likeness (QED) is 0.799. The second-order valence-corrected chi connectivity index (χ2v) is 7.89. The van der Waals surface area contributed by atoms with Crippen LogP contribution in [0.25, 0.3) is 0 Å². The van der Waals surface area contributed by atoms with Crippen LogP contribution in [-0.2, 0) is 13.5 Å². The maximum Gasteiger partial charge on any atom is 0.263 e. The first-order valence-electron chi connectivity index (χ1n) is 9.67. The number of likely N-dealkylation sites (tertiary alicyclic amines) is 1. The Kier molecular flexibility index (Phi) is 3.77. The lowest BCUT2D eigenvalue weighted by Gasteiger charge is -2.19. The molecule has 2 saturated heterocycles. The van der Waals surface area contributed by atoms with Gasteiger partial charge in [0.2, 0.25) is 5.95 Å². The van der Waals surface area contributed by atoms with Crippen molar-refractivity contribution in [3.05, 3.63) is 51.7 Å². The summed E-state index contributed by atoms with van der Waals surface area (Å²) in [7, 11) is 1.67. The Morgan fingerprint density at radius 3 is 2.85 bits per heavy atom. The van der Waals surface area contributed by atoms with Crippen molar-refractivity contribution in [3.8, 4) is 0 Å². The number of aromatic nitrogens is 3. The highest BCUT2D eigenvalue weighted by atomic mass is 16.2. The van der Waals surface area contributed by atoms with Crippen LogP contribution < -0.4 is 10.5 Å². The third-order valence-corrected chi connectivity index (χ3v) is 6.19. The van der Waals surface area contributed by atoms with E-state index in [1.807, 2.05) is 11.1 Å². The van der Waals surface area contributed by atoms with Crippen molar-refractivity contribution in [3.63, 3.8) is 0 Å². The van der Waals surface area contributed by atoms with Crippen LogP contribution in [0.4, 0.5) is 5.95 Å². The number of hydrogen-bond donors (Lipinski definition) is 0. The fourth-order valence-electron chi connectivity index (χ4n) is 4.72. The topological polar surface area (TPSA) is 71.3 Å². The van der Waals surface area contributed by atoms with Gasteiger partial charge >= 0.3 is 0 Å². The van der Waals surface area contributed by atoms with Gasteiger partial charge in [-0.05, 0) is 42.9 Å². The van der Waals surface area contributed by atoms with Crippen molar-refractivity contribution in [1.29, 1.82) is 0 Å². The molecule has 5 rings (SSSR count). The zero-order chi connectivity index (χ0) is 18.5. The Balaban J connectivity index is 1.40. The number of nitrogens with zero attached hydrogens (tertiary/aromatic N) is 5. The molecule has 0 spiro atoms. The minimum absolute atomic E-state index is 0.166. The number of aryl methyl sites for hydroxylation is 1. The van der Waals surface area contributed by atoms with Crippen LogP contribution in [0.2, 0.25) is 0 Å². The molecular weight excluding hydrogens is 342 g/mol. The first kappa shape index (κ1) is 16.5. The number of hydrogen-bond acceptors (Lipinski definition) is 5. The van der Waals surface area contributed by atoms with E-state index in [1.165, 1.54) is 23.0 Å². The minimum atomic E-state index is -0.237. The molecule has 2 aromatic heterocycles. The van der Waals surface area contributed by atoms with Crippen molar-refractivity contribution in [1.82, 2.24) is 19.4 Å². The Morgan fingerprint density at radius 1 is 1.22 bits per heavy atom. The molecule has 4 heterocycles. The maximum atomic E-state index is 12.9. The Labute approximate surface area is 157 Å². The van der Waals surface area contributed by atoms with Crippen molar-refractivity contribution in [2.24, 2.45) is 13.0 Å². The summed E-state index contributed by atoms with van der Waals surface area (Å²) in [6.07, 6.45) is 6.96. The lowest BCUT2D eigenvalue weighted by molar-refractivity contribution is 0.0782.